The zero-order valence-corrected chi connectivity index (χ0v) is 9.75. The van der Waals surface area contributed by atoms with Crippen LogP contribution < -0.4 is 14.8 Å². The Morgan fingerprint density at radius 2 is 2.19 bits per heavy atom. The fourth-order valence-electron chi connectivity index (χ4n) is 1.33. The van der Waals surface area contributed by atoms with Gasteiger partial charge in [-0.2, -0.15) is 0 Å². The first-order valence-corrected chi connectivity index (χ1v) is 5.25. The average Bonchev–Trinajstić information content (AvgIpc) is 2.34. The van der Waals surface area contributed by atoms with E-state index in [0.29, 0.717) is 11.5 Å². The predicted octanol–water partition coefficient (Wildman–Crippen LogP) is 1.82. The Kier molecular flexibility index (Phi) is 5.24. The summed E-state index contributed by atoms with van der Waals surface area (Å²) in [5, 5.41) is 3.25. The van der Waals surface area contributed by atoms with E-state index in [0.717, 1.165) is 18.7 Å². The first-order chi connectivity index (χ1) is 7.81. The van der Waals surface area contributed by atoms with Gasteiger partial charge in [0.05, 0.1) is 7.11 Å². The molecule has 0 spiro atoms. The average molecular weight is 219 g/mol. The highest BCUT2D eigenvalue weighted by atomic mass is 16.5. The summed E-state index contributed by atoms with van der Waals surface area (Å²) in [6.07, 6.45) is 5.14. The summed E-state index contributed by atoms with van der Waals surface area (Å²) in [6.45, 7) is 4.09. The van der Waals surface area contributed by atoms with Gasteiger partial charge in [-0.1, -0.05) is 18.9 Å². The normalized spacial score (nSPS) is 9.56. The van der Waals surface area contributed by atoms with Crippen molar-refractivity contribution in [3.63, 3.8) is 0 Å². The number of methoxy groups -OCH3 is 1. The maximum absolute atomic E-state index is 5.36. The van der Waals surface area contributed by atoms with Crippen molar-refractivity contribution in [2.45, 2.75) is 13.5 Å². The Morgan fingerprint density at radius 1 is 1.38 bits per heavy atom. The van der Waals surface area contributed by atoms with Gasteiger partial charge < -0.3 is 14.8 Å². The number of hydrogen-bond acceptors (Lipinski definition) is 3. The van der Waals surface area contributed by atoms with Gasteiger partial charge in [0, 0.05) is 6.54 Å². The summed E-state index contributed by atoms with van der Waals surface area (Å²) in [7, 11) is 1.62. The van der Waals surface area contributed by atoms with Crippen LogP contribution in [0.5, 0.6) is 11.5 Å². The maximum atomic E-state index is 5.36. The second-order valence-corrected chi connectivity index (χ2v) is 3.26. The third kappa shape index (κ3) is 3.48. The summed E-state index contributed by atoms with van der Waals surface area (Å²) in [5.41, 5.74) is 1.16. The Hall–Kier alpha value is -1.66. The Morgan fingerprint density at radius 3 is 2.81 bits per heavy atom. The molecule has 0 saturated carbocycles. The third-order valence-corrected chi connectivity index (χ3v) is 2.12. The van der Waals surface area contributed by atoms with Crippen LogP contribution in [0.3, 0.4) is 0 Å². The molecule has 0 amide bonds. The minimum atomic E-state index is 0.253. The van der Waals surface area contributed by atoms with Crippen molar-refractivity contribution < 1.29 is 9.47 Å². The highest BCUT2D eigenvalue weighted by Crippen LogP contribution is 2.27. The molecule has 0 unspecified atom stereocenters. The van der Waals surface area contributed by atoms with Crippen molar-refractivity contribution >= 4 is 0 Å². The highest BCUT2D eigenvalue weighted by molar-refractivity contribution is 5.43. The first kappa shape index (κ1) is 12.4. The topological polar surface area (TPSA) is 30.5 Å². The van der Waals surface area contributed by atoms with Gasteiger partial charge in [-0.05, 0) is 24.2 Å². The molecular formula is C13H17NO2. The molecular weight excluding hydrogens is 202 g/mol. The van der Waals surface area contributed by atoms with Crippen molar-refractivity contribution in [1.82, 2.24) is 5.32 Å². The van der Waals surface area contributed by atoms with E-state index >= 15 is 0 Å². The molecule has 1 aromatic rings. The summed E-state index contributed by atoms with van der Waals surface area (Å²) < 4.78 is 10.6. The van der Waals surface area contributed by atoms with Gasteiger partial charge in [0.25, 0.3) is 0 Å². The van der Waals surface area contributed by atoms with Crippen LogP contribution >= 0.6 is 0 Å². The van der Waals surface area contributed by atoms with Crippen molar-refractivity contribution in [3.8, 4) is 23.8 Å². The molecule has 0 fully saturated rings. The van der Waals surface area contributed by atoms with Gasteiger partial charge in [0.1, 0.15) is 6.61 Å². The Bertz CT molecular complexity index is 369. The van der Waals surface area contributed by atoms with E-state index < -0.39 is 0 Å². The molecule has 3 nitrogen and oxygen atoms in total. The van der Waals surface area contributed by atoms with E-state index in [4.69, 9.17) is 15.9 Å². The lowest BCUT2D eigenvalue weighted by atomic mass is 10.2. The van der Waals surface area contributed by atoms with Crippen LogP contribution in [0.2, 0.25) is 0 Å². The lowest BCUT2D eigenvalue weighted by molar-refractivity contribution is 0.330. The standard InChI is InChI=1S/C13H17NO2/c1-4-8-16-12-7-6-11(10-14-5-2)9-13(12)15-3/h1,6-7,9,14H,5,8,10H2,2-3H3. The van der Waals surface area contributed by atoms with Crippen LogP contribution in [0.15, 0.2) is 18.2 Å². The zero-order valence-electron chi connectivity index (χ0n) is 9.75. The van der Waals surface area contributed by atoms with Crippen molar-refractivity contribution in [1.29, 1.82) is 0 Å². The lowest BCUT2D eigenvalue weighted by Crippen LogP contribution is -2.11. The van der Waals surface area contributed by atoms with Crippen LogP contribution in [0.4, 0.5) is 0 Å². The summed E-state index contributed by atoms with van der Waals surface area (Å²) >= 11 is 0. The smallest absolute Gasteiger partial charge is 0.162 e. The first-order valence-electron chi connectivity index (χ1n) is 5.25. The van der Waals surface area contributed by atoms with Crippen LogP contribution in [-0.4, -0.2) is 20.3 Å². The van der Waals surface area contributed by atoms with Gasteiger partial charge in [-0.3, -0.25) is 0 Å². The summed E-state index contributed by atoms with van der Waals surface area (Å²) in [6, 6.07) is 5.83. The van der Waals surface area contributed by atoms with Crippen LogP contribution in [0.25, 0.3) is 0 Å². The van der Waals surface area contributed by atoms with Crippen LogP contribution in [-0.2, 0) is 6.54 Å². The second-order valence-electron chi connectivity index (χ2n) is 3.26. The maximum Gasteiger partial charge on any atom is 0.162 e. The van der Waals surface area contributed by atoms with Crippen LogP contribution in [0.1, 0.15) is 12.5 Å². The highest BCUT2D eigenvalue weighted by Gasteiger charge is 2.04. The molecule has 0 radical (unpaired) electrons. The van der Waals surface area contributed by atoms with E-state index in [1.807, 2.05) is 18.2 Å². The predicted molar refractivity (Wildman–Crippen MR) is 64.7 cm³/mol. The second kappa shape index (κ2) is 6.76. The Labute approximate surface area is 96.8 Å². The van der Waals surface area contributed by atoms with Crippen molar-refractivity contribution in [3.05, 3.63) is 23.8 Å². The molecule has 16 heavy (non-hydrogen) atoms. The summed E-state index contributed by atoms with van der Waals surface area (Å²) in [4.78, 5) is 0. The number of rotatable bonds is 6. The largest absolute Gasteiger partial charge is 0.493 e. The SMILES string of the molecule is C#CCOc1ccc(CNCC)cc1OC. The minimum Gasteiger partial charge on any atom is -0.493 e. The molecule has 0 saturated heterocycles. The Balaban J connectivity index is 2.76. The number of benzene rings is 1. The van der Waals surface area contributed by atoms with E-state index in [2.05, 4.69) is 18.2 Å². The quantitative estimate of drug-likeness (QED) is 0.740. The molecule has 0 aliphatic rings. The summed E-state index contributed by atoms with van der Waals surface area (Å²) in [5.74, 6) is 3.82. The molecule has 0 atom stereocenters. The third-order valence-electron chi connectivity index (χ3n) is 2.12. The number of ether oxygens (including phenoxy) is 2. The molecule has 0 aliphatic carbocycles. The van der Waals surface area contributed by atoms with Gasteiger partial charge >= 0.3 is 0 Å². The minimum absolute atomic E-state index is 0.253. The number of nitrogens with one attached hydrogen (secondary N) is 1. The van der Waals surface area contributed by atoms with E-state index in [1.165, 1.54) is 0 Å². The van der Waals surface area contributed by atoms with Crippen molar-refractivity contribution in [2.24, 2.45) is 0 Å². The lowest BCUT2D eigenvalue weighted by Gasteiger charge is -2.10. The molecule has 0 aromatic heterocycles. The molecule has 1 N–H and O–H groups in total. The molecule has 0 aliphatic heterocycles. The molecule has 3 heteroatoms. The van der Waals surface area contributed by atoms with E-state index in [-0.39, 0.29) is 6.61 Å². The van der Waals surface area contributed by atoms with Gasteiger partial charge in [0.2, 0.25) is 0 Å². The number of terminal acetylenes is 1. The van der Waals surface area contributed by atoms with Gasteiger partial charge in [-0.15, -0.1) is 6.42 Å². The molecule has 0 bridgehead atoms. The van der Waals surface area contributed by atoms with E-state index in [9.17, 15) is 0 Å². The van der Waals surface area contributed by atoms with Gasteiger partial charge in [0.15, 0.2) is 11.5 Å². The number of hydrogen-bond donors (Lipinski definition) is 1. The zero-order chi connectivity index (χ0) is 11.8. The van der Waals surface area contributed by atoms with E-state index in [1.54, 1.807) is 7.11 Å². The molecule has 86 valence electrons. The van der Waals surface area contributed by atoms with Crippen LogP contribution in [0, 0.1) is 12.3 Å². The fourth-order valence-corrected chi connectivity index (χ4v) is 1.33. The molecule has 1 aromatic carbocycles. The fraction of sp³-hybridized carbons (Fsp3) is 0.385. The monoisotopic (exact) mass is 219 g/mol. The van der Waals surface area contributed by atoms with Crippen molar-refractivity contribution in [2.75, 3.05) is 20.3 Å². The van der Waals surface area contributed by atoms with Gasteiger partial charge in [-0.25, -0.2) is 0 Å². The molecule has 0 heterocycles. The molecule has 1 rings (SSSR count).